The maximum absolute atomic E-state index is 9.75. The third-order valence-electron chi connectivity index (χ3n) is 3.22. The summed E-state index contributed by atoms with van der Waals surface area (Å²) in [6.45, 7) is 6.41. The van der Waals surface area contributed by atoms with Gasteiger partial charge in [-0.05, 0) is 30.4 Å². The van der Waals surface area contributed by atoms with Gasteiger partial charge in [-0.25, -0.2) is 0 Å². The second kappa shape index (κ2) is 10.7. The van der Waals surface area contributed by atoms with Gasteiger partial charge < -0.3 is 31.5 Å². The van der Waals surface area contributed by atoms with Gasteiger partial charge in [0.05, 0.1) is 26.9 Å². The van der Waals surface area contributed by atoms with Crippen molar-refractivity contribution >= 4 is 30.7 Å². The number of methoxy groups -OCH3 is 3. The van der Waals surface area contributed by atoms with Crippen molar-refractivity contribution in [1.82, 2.24) is 5.10 Å². The molecule has 1 aromatic heterocycles. The zero-order valence-electron chi connectivity index (χ0n) is 15.9. The molecule has 0 unspecified atom stereocenters. The molecule has 0 amide bonds. The van der Waals surface area contributed by atoms with Crippen molar-refractivity contribution in [3.8, 4) is 17.2 Å². The van der Waals surface area contributed by atoms with Crippen LogP contribution >= 0.6 is 11.3 Å². The Labute approximate surface area is 165 Å². The molecule has 0 saturated heterocycles. The first-order chi connectivity index (χ1) is 13.1. The van der Waals surface area contributed by atoms with E-state index in [-0.39, 0.29) is 0 Å². The lowest BCUT2D eigenvalue weighted by molar-refractivity contribution is -0.741. The number of halogens is 4. The first-order valence-electron chi connectivity index (χ1n) is 7.96. The lowest BCUT2D eigenvalue weighted by Gasteiger charge is -2.12. The second-order valence-corrected chi connectivity index (χ2v) is 6.42. The van der Waals surface area contributed by atoms with Gasteiger partial charge in [0.25, 0.3) is 5.01 Å². The zero-order valence-corrected chi connectivity index (χ0v) is 16.7. The van der Waals surface area contributed by atoms with Crippen LogP contribution in [0.25, 0.3) is 12.2 Å². The van der Waals surface area contributed by atoms with Gasteiger partial charge in [0.15, 0.2) is 11.6 Å². The van der Waals surface area contributed by atoms with E-state index < -0.39 is 7.25 Å². The van der Waals surface area contributed by atoms with Gasteiger partial charge in [-0.2, -0.15) is 0 Å². The molecule has 2 rings (SSSR count). The van der Waals surface area contributed by atoms with E-state index >= 15 is 0 Å². The van der Waals surface area contributed by atoms with Crippen LogP contribution in [0.2, 0.25) is 0 Å². The number of ether oxygens (including phenoxy) is 3. The molecule has 0 aliphatic heterocycles. The van der Waals surface area contributed by atoms with Crippen molar-refractivity contribution in [2.75, 3.05) is 21.3 Å². The molecular formula is C17H21BF4N2O3S. The van der Waals surface area contributed by atoms with Crippen LogP contribution in [0, 0.1) is 6.92 Å². The summed E-state index contributed by atoms with van der Waals surface area (Å²) in [7, 11) is -1.14. The van der Waals surface area contributed by atoms with E-state index in [2.05, 4.69) is 11.7 Å². The Bertz CT molecular complexity index is 794. The number of allylic oxidation sites excluding steroid dienone is 1. The van der Waals surface area contributed by atoms with Crippen molar-refractivity contribution in [1.29, 1.82) is 0 Å². The van der Waals surface area contributed by atoms with Gasteiger partial charge in [0.1, 0.15) is 17.2 Å². The van der Waals surface area contributed by atoms with Gasteiger partial charge in [-0.15, -0.1) is 0 Å². The fourth-order valence-corrected chi connectivity index (χ4v) is 2.97. The molecule has 28 heavy (non-hydrogen) atoms. The lowest BCUT2D eigenvalue weighted by atomic mass is 10.1. The van der Waals surface area contributed by atoms with Crippen molar-refractivity contribution in [2.45, 2.75) is 13.5 Å². The van der Waals surface area contributed by atoms with Gasteiger partial charge in [0, 0.05) is 23.3 Å². The topological polar surface area (TPSA) is 44.5 Å². The minimum Gasteiger partial charge on any atom is -0.496 e. The van der Waals surface area contributed by atoms with Gasteiger partial charge >= 0.3 is 7.25 Å². The highest BCUT2D eigenvalue weighted by Gasteiger charge is 2.20. The van der Waals surface area contributed by atoms with E-state index in [0.29, 0.717) is 23.8 Å². The quantitative estimate of drug-likeness (QED) is 0.288. The minimum atomic E-state index is -6.00. The van der Waals surface area contributed by atoms with Crippen molar-refractivity contribution in [2.24, 2.45) is 0 Å². The minimum absolute atomic E-state index is 0.668. The molecule has 0 aliphatic rings. The normalized spacial score (nSPS) is 11.0. The molecule has 0 aliphatic carbocycles. The van der Waals surface area contributed by atoms with Gasteiger partial charge in [-0.3, -0.25) is 0 Å². The predicted octanol–water partition coefficient (Wildman–Crippen LogP) is 4.42. The van der Waals surface area contributed by atoms with Crippen LogP contribution in [-0.2, 0) is 6.54 Å². The molecular weight excluding hydrogens is 399 g/mol. The highest BCUT2D eigenvalue weighted by atomic mass is 32.1. The number of aromatic nitrogens is 2. The Morgan fingerprint density at radius 2 is 1.61 bits per heavy atom. The largest absolute Gasteiger partial charge is 0.673 e. The summed E-state index contributed by atoms with van der Waals surface area (Å²) in [5.41, 5.74) is 0.854. The van der Waals surface area contributed by atoms with Crippen LogP contribution in [-0.4, -0.2) is 33.7 Å². The fourth-order valence-electron chi connectivity index (χ4n) is 2.17. The molecule has 2 aromatic rings. The average Bonchev–Trinajstić information content (AvgIpc) is 2.97. The zero-order chi connectivity index (χ0) is 21.3. The SMILES string of the molecule is C=CC[n+]1nc(C)sc1/C=C/c1c(OC)cc(OC)cc1OC.F[B-](F)(F)F. The number of nitrogens with zero attached hydrogens (tertiary/aromatic N) is 2. The Morgan fingerprint density at radius 1 is 1.07 bits per heavy atom. The summed E-state index contributed by atoms with van der Waals surface area (Å²) in [6.07, 6.45) is 5.79. The highest BCUT2D eigenvalue weighted by Crippen LogP contribution is 2.35. The molecule has 0 bridgehead atoms. The van der Waals surface area contributed by atoms with Gasteiger partial charge in [0.2, 0.25) is 0 Å². The van der Waals surface area contributed by atoms with Crippen LogP contribution in [0.15, 0.2) is 24.8 Å². The molecule has 0 saturated carbocycles. The fraction of sp³-hybridized carbons (Fsp3) is 0.294. The molecule has 154 valence electrons. The molecule has 1 heterocycles. The molecule has 0 atom stereocenters. The summed E-state index contributed by atoms with van der Waals surface area (Å²) in [6, 6.07) is 3.66. The van der Waals surface area contributed by atoms with E-state index in [4.69, 9.17) is 14.2 Å². The van der Waals surface area contributed by atoms with E-state index in [1.54, 1.807) is 32.7 Å². The summed E-state index contributed by atoms with van der Waals surface area (Å²) >= 11 is 1.62. The molecule has 1 aromatic carbocycles. The number of hydrogen-bond acceptors (Lipinski definition) is 5. The summed E-state index contributed by atoms with van der Waals surface area (Å²) < 4.78 is 57.1. The third kappa shape index (κ3) is 7.59. The predicted molar refractivity (Wildman–Crippen MR) is 102 cm³/mol. The molecule has 5 nitrogen and oxygen atoms in total. The molecule has 0 fully saturated rings. The van der Waals surface area contributed by atoms with Crippen molar-refractivity contribution < 1.29 is 36.2 Å². The van der Waals surface area contributed by atoms with Gasteiger partial charge in [-0.1, -0.05) is 11.3 Å². The van der Waals surface area contributed by atoms with Crippen LogP contribution < -0.4 is 18.9 Å². The highest BCUT2D eigenvalue weighted by molar-refractivity contribution is 7.11. The first kappa shape index (κ1) is 23.5. The number of hydrogen-bond donors (Lipinski definition) is 0. The van der Waals surface area contributed by atoms with E-state index in [9.17, 15) is 17.3 Å². The second-order valence-electron chi connectivity index (χ2n) is 5.20. The summed E-state index contributed by atoms with van der Waals surface area (Å²) in [4.78, 5) is 0. The molecule has 0 spiro atoms. The smallest absolute Gasteiger partial charge is 0.496 e. The number of rotatable bonds is 7. The van der Waals surface area contributed by atoms with Crippen LogP contribution in [0.4, 0.5) is 17.3 Å². The van der Waals surface area contributed by atoms with E-state index in [1.165, 1.54) is 0 Å². The lowest BCUT2D eigenvalue weighted by Crippen LogP contribution is -2.37. The maximum atomic E-state index is 9.75. The van der Waals surface area contributed by atoms with E-state index in [1.807, 2.05) is 42.0 Å². The van der Waals surface area contributed by atoms with E-state index in [0.717, 1.165) is 15.6 Å². The van der Waals surface area contributed by atoms with Crippen molar-refractivity contribution in [3.05, 3.63) is 40.4 Å². The third-order valence-corrected chi connectivity index (χ3v) is 4.15. The van der Waals surface area contributed by atoms with Crippen LogP contribution in [0.3, 0.4) is 0 Å². The summed E-state index contributed by atoms with van der Waals surface area (Å²) in [5, 5.41) is 6.49. The average molecular weight is 420 g/mol. The number of aryl methyl sites for hydroxylation is 1. The van der Waals surface area contributed by atoms with Crippen molar-refractivity contribution in [3.63, 3.8) is 0 Å². The Hall–Kier alpha value is -2.56. The molecule has 0 radical (unpaired) electrons. The standard InChI is InChI=1S/C17H21N2O3S.BF4/c1-6-9-19-17(23-12(2)18-19)8-7-14-15(21-4)10-13(20-3)11-16(14)22-5;2-1(3,4)5/h6-8,10-11H,1,9H2,2-5H3;/q+1;-1/b8-7+;. The Morgan fingerprint density at radius 3 is 2.04 bits per heavy atom. The number of benzene rings is 1. The first-order valence-corrected chi connectivity index (χ1v) is 8.78. The summed E-state index contributed by atoms with van der Waals surface area (Å²) in [5.74, 6) is 2.06. The molecule has 11 heteroatoms. The Kier molecular flexibility index (Phi) is 8.97. The van der Waals surface area contributed by atoms with Crippen LogP contribution in [0.1, 0.15) is 15.6 Å². The van der Waals surface area contributed by atoms with Crippen LogP contribution in [0.5, 0.6) is 17.2 Å². The Balaban J connectivity index is 0.000000696. The molecule has 0 N–H and O–H groups in total. The monoisotopic (exact) mass is 420 g/mol. The maximum Gasteiger partial charge on any atom is 0.673 e.